The number of hydrogen-bond acceptors (Lipinski definition) is 6. The highest BCUT2D eigenvalue weighted by molar-refractivity contribution is 5.92. The summed E-state index contributed by atoms with van der Waals surface area (Å²) in [4.78, 5) is 49.7. The Morgan fingerprint density at radius 2 is 1.61 bits per heavy atom. The molecule has 0 bridgehead atoms. The monoisotopic (exact) mass is 463 g/mol. The van der Waals surface area contributed by atoms with Crippen LogP contribution in [0.2, 0.25) is 0 Å². The molecule has 1 aromatic rings. The van der Waals surface area contributed by atoms with Crippen molar-refractivity contribution in [2.45, 2.75) is 72.1 Å². The molecular formula is C24H37N3O6. The molecule has 9 nitrogen and oxygen atoms in total. The van der Waals surface area contributed by atoms with Gasteiger partial charge in [-0.05, 0) is 45.6 Å². The van der Waals surface area contributed by atoms with E-state index in [2.05, 4.69) is 16.0 Å². The van der Waals surface area contributed by atoms with E-state index in [9.17, 15) is 19.2 Å². The molecule has 0 radical (unpaired) electrons. The molecule has 0 unspecified atom stereocenters. The minimum atomic E-state index is -0.954. The van der Waals surface area contributed by atoms with Gasteiger partial charge in [-0.2, -0.15) is 0 Å². The van der Waals surface area contributed by atoms with Crippen LogP contribution in [0.25, 0.3) is 0 Å². The maximum absolute atomic E-state index is 13.1. The first-order valence-electron chi connectivity index (χ1n) is 11.2. The summed E-state index contributed by atoms with van der Waals surface area (Å²) < 4.78 is 10.2. The lowest BCUT2D eigenvalue weighted by Gasteiger charge is -2.24. The Balaban J connectivity index is 2.89. The summed E-state index contributed by atoms with van der Waals surface area (Å²) in [5.41, 5.74) is 0.129. The standard InChI is InChI=1S/C24H37N3O6/c1-7-32-22(30)19(13-16(2)3)27-21(29)18(14-17-11-9-8-10-12-17)26-20(28)15-25-23(31)33-24(4,5)6/h8-12,16,18-19H,7,13-15H2,1-6H3,(H,25,31)(H,26,28)(H,27,29)/t18-,19-/m0/s1. The molecule has 0 heterocycles. The van der Waals surface area contributed by atoms with Crippen LogP contribution in [0, 0.1) is 5.92 Å². The van der Waals surface area contributed by atoms with Crippen LogP contribution in [0.3, 0.4) is 0 Å². The summed E-state index contributed by atoms with van der Waals surface area (Å²) in [5.74, 6) is -1.45. The van der Waals surface area contributed by atoms with Crippen molar-refractivity contribution in [3.63, 3.8) is 0 Å². The Morgan fingerprint density at radius 1 is 0.970 bits per heavy atom. The van der Waals surface area contributed by atoms with Crippen LogP contribution >= 0.6 is 0 Å². The third kappa shape index (κ3) is 11.9. The summed E-state index contributed by atoms with van der Waals surface area (Å²) in [6, 6.07) is 7.40. The molecule has 0 saturated heterocycles. The Morgan fingerprint density at radius 3 is 2.15 bits per heavy atom. The van der Waals surface area contributed by atoms with Gasteiger partial charge in [0.2, 0.25) is 11.8 Å². The number of benzene rings is 1. The van der Waals surface area contributed by atoms with Gasteiger partial charge in [-0.25, -0.2) is 9.59 Å². The molecule has 2 atom stereocenters. The molecule has 1 aromatic carbocycles. The van der Waals surface area contributed by atoms with Crippen LogP contribution in [0.15, 0.2) is 30.3 Å². The van der Waals surface area contributed by atoms with E-state index in [4.69, 9.17) is 9.47 Å². The number of amides is 3. The molecule has 0 aliphatic carbocycles. The number of hydrogen-bond donors (Lipinski definition) is 3. The quantitative estimate of drug-likeness (QED) is 0.433. The van der Waals surface area contributed by atoms with Crippen molar-refractivity contribution in [2.75, 3.05) is 13.2 Å². The van der Waals surface area contributed by atoms with Crippen molar-refractivity contribution in [3.8, 4) is 0 Å². The average molecular weight is 464 g/mol. The van der Waals surface area contributed by atoms with Crippen molar-refractivity contribution < 1.29 is 28.7 Å². The largest absolute Gasteiger partial charge is 0.464 e. The zero-order chi connectivity index (χ0) is 25.0. The molecule has 0 fully saturated rings. The normalized spacial score (nSPS) is 12.9. The minimum Gasteiger partial charge on any atom is -0.464 e. The first-order valence-corrected chi connectivity index (χ1v) is 11.2. The van der Waals surface area contributed by atoms with E-state index in [0.717, 1.165) is 5.56 Å². The fourth-order valence-corrected chi connectivity index (χ4v) is 2.97. The molecule has 184 valence electrons. The van der Waals surface area contributed by atoms with E-state index in [0.29, 0.717) is 6.42 Å². The molecule has 0 aromatic heterocycles. The van der Waals surface area contributed by atoms with Crippen LogP contribution in [-0.2, 0) is 30.3 Å². The molecule has 9 heteroatoms. The molecule has 0 aliphatic heterocycles. The number of ether oxygens (including phenoxy) is 2. The van der Waals surface area contributed by atoms with Gasteiger partial charge in [-0.1, -0.05) is 44.2 Å². The highest BCUT2D eigenvalue weighted by Gasteiger charge is 2.28. The summed E-state index contributed by atoms with van der Waals surface area (Å²) in [6.07, 6.45) is -0.125. The fraction of sp³-hybridized carbons (Fsp3) is 0.583. The number of rotatable bonds is 11. The van der Waals surface area contributed by atoms with E-state index < -0.39 is 41.6 Å². The predicted octanol–water partition coefficient (Wildman–Crippen LogP) is 2.33. The first-order chi connectivity index (χ1) is 15.4. The predicted molar refractivity (Wildman–Crippen MR) is 124 cm³/mol. The number of carbonyl (C=O) groups is 4. The van der Waals surface area contributed by atoms with E-state index in [1.807, 2.05) is 44.2 Å². The van der Waals surface area contributed by atoms with Gasteiger partial charge in [-0.15, -0.1) is 0 Å². The summed E-state index contributed by atoms with van der Waals surface area (Å²) in [5, 5.41) is 7.72. The molecule has 3 N–H and O–H groups in total. The van der Waals surface area contributed by atoms with Crippen LogP contribution in [0.4, 0.5) is 4.79 Å². The lowest BCUT2D eigenvalue weighted by atomic mass is 10.0. The van der Waals surface area contributed by atoms with Crippen LogP contribution in [-0.4, -0.2) is 54.7 Å². The van der Waals surface area contributed by atoms with Crippen LogP contribution in [0.1, 0.15) is 53.5 Å². The number of carbonyl (C=O) groups excluding carboxylic acids is 4. The number of esters is 1. The maximum atomic E-state index is 13.1. The van der Waals surface area contributed by atoms with Gasteiger partial charge in [0.1, 0.15) is 24.2 Å². The van der Waals surface area contributed by atoms with Crippen molar-refractivity contribution in [3.05, 3.63) is 35.9 Å². The van der Waals surface area contributed by atoms with Gasteiger partial charge in [0.25, 0.3) is 0 Å². The van der Waals surface area contributed by atoms with Gasteiger partial charge < -0.3 is 25.4 Å². The Kier molecular flexibility index (Phi) is 11.4. The lowest BCUT2D eigenvalue weighted by molar-refractivity contribution is -0.148. The van der Waals surface area contributed by atoms with Crippen LogP contribution in [0.5, 0.6) is 0 Å². The Labute approximate surface area is 196 Å². The van der Waals surface area contributed by atoms with E-state index in [1.54, 1.807) is 27.7 Å². The summed E-state index contributed by atoms with van der Waals surface area (Å²) in [7, 11) is 0. The minimum absolute atomic E-state index is 0.139. The van der Waals surface area contributed by atoms with Gasteiger partial charge in [0.05, 0.1) is 6.61 Å². The zero-order valence-corrected chi connectivity index (χ0v) is 20.4. The van der Waals surface area contributed by atoms with Gasteiger partial charge in [0.15, 0.2) is 0 Å². The Hall–Kier alpha value is -3.10. The topological polar surface area (TPSA) is 123 Å². The Bertz CT molecular complexity index is 789. The second-order valence-corrected chi connectivity index (χ2v) is 9.11. The number of nitrogens with one attached hydrogen (secondary N) is 3. The van der Waals surface area contributed by atoms with E-state index >= 15 is 0 Å². The second kappa shape index (κ2) is 13.4. The lowest BCUT2D eigenvalue weighted by Crippen LogP contribution is -2.54. The van der Waals surface area contributed by atoms with Gasteiger partial charge in [-0.3, -0.25) is 9.59 Å². The van der Waals surface area contributed by atoms with Crippen molar-refractivity contribution >= 4 is 23.9 Å². The molecule has 0 spiro atoms. The smallest absolute Gasteiger partial charge is 0.408 e. The SMILES string of the molecule is CCOC(=O)[C@H](CC(C)C)NC(=O)[C@H](Cc1ccccc1)NC(=O)CNC(=O)OC(C)(C)C. The third-order valence-corrected chi connectivity index (χ3v) is 4.32. The van der Waals surface area contributed by atoms with Crippen molar-refractivity contribution in [2.24, 2.45) is 5.92 Å². The second-order valence-electron chi connectivity index (χ2n) is 9.11. The number of alkyl carbamates (subject to hydrolysis) is 1. The molecule has 1 rings (SSSR count). The zero-order valence-electron chi connectivity index (χ0n) is 20.4. The van der Waals surface area contributed by atoms with E-state index in [-0.39, 0.29) is 25.5 Å². The van der Waals surface area contributed by atoms with E-state index in [1.165, 1.54) is 0 Å². The fourth-order valence-electron chi connectivity index (χ4n) is 2.97. The average Bonchev–Trinajstić information content (AvgIpc) is 2.70. The molecule has 0 aliphatic rings. The van der Waals surface area contributed by atoms with Crippen molar-refractivity contribution in [1.29, 1.82) is 0 Å². The molecule has 33 heavy (non-hydrogen) atoms. The first kappa shape index (κ1) is 27.9. The highest BCUT2D eigenvalue weighted by atomic mass is 16.6. The molecule has 0 saturated carbocycles. The maximum Gasteiger partial charge on any atom is 0.408 e. The summed E-state index contributed by atoms with van der Waals surface area (Å²) >= 11 is 0. The highest BCUT2D eigenvalue weighted by Crippen LogP contribution is 2.09. The summed E-state index contributed by atoms with van der Waals surface area (Å²) in [6.45, 7) is 10.5. The third-order valence-electron chi connectivity index (χ3n) is 4.32. The van der Waals surface area contributed by atoms with Crippen LogP contribution < -0.4 is 16.0 Å². The molecule has 3 amide bonds. The van der Waals surface area contributed by atoms with Gasteiger partial charge in [0, 0.05) is 6.42 Å². The van der Waals surface area contributed by atoms with Crippen molar-refractivity contribution in [1.82, 2.24) is 16.0 Å². The molecular weight excluding hydrogens is 426 g/mol. The van der Waals surface area contributed by atoms with Gasteiger partial charge >= 0.3 is 12.1 Å².